The normalized spacial score (nSPS) is 31.9. The molecule has 0 aromatic heterocycles. The van der Waals surface area contributed by atoms with Gasteiger partial charge in [0.1, 0.15) is 12.3 Å². The van der Waals surface area contributed by atoms with Gasteiger partial charge in [-0.05, 0) is 12.8 Å². The molecule has 0 N–H and O–H groups in total. The molecule has 11 heavy (non-hydrogen) atoms. The van der Waals surface area contributed by atoms with Crippen LogP contribution in [-0.4, -0.2) is 22.9 Å². The Morgan fingerprint density at radius 3 is 2.82 bits per heavy atom. The molecule has 0 aromatic rings. The van der Waals surface area contributed by atoms with E-state index in [0.29, 0.717) is 0 Å². The van der Waals surface area contributed by atoms with Gasteiger partial charge in [-0.1, -0.05) is 0 Å². The van der Waals surface area contributed by atoms with Gasteiger partial charge in [0.05, 0.1) is 0 Å². The summed E-state index contributed by atoms with van der Waals surface area (Å²) in [6.45, 7) is 3.66. The molecule has 62 valence electrons. The number of rotatable bonds is 0. The third-order valence-electron chi connectivity index (χ3n) is 3.19. The van der Waals surface area contributed by atoms with Crippen molar-refractivity contribution >= 4 is 5.71 Å². The van der Waals surface area contributed by atoms with E-state index in [2.05, 4.69) is 11.5 Å². The molecule has 0 amide bonds. The van der Waals surface area contributed by atoms with Crippen molar-refractivity contribution in [3.05, 3.63) is 0 Å². The molecule has 1 fully saturated rings. The van der Waals surface area contributed by atoms with Crippen LogP contribution in [0.3, 0.4) is 0 Å². The minimum atomic E-state index is 0.928. The van der Waals surface area contributed by atoms with Gasteiger partial charge >= 0.3 is 0 Å². The molecular weight excluding hydrogens is 134 g/mol. The Morgan fingerprint density at radius 1 is 1.18 bits per heavy atom. The fourth-order valence-corrected chi connectivity index (χ4v) is 2.54. The Hall–Kier alpha value is -0.330. The third kappa shape index (κ3) is 1.33. The lowest BCUT2D eigenvalue weighted by Crippen LogP contribution is -2.38. The topological polar surface area (TPSA) is 3.01 Å². The fraction of sp³-hybridized carbons (Fsp3) is 0.900. The minimum Gasteiger partial charge on any atom is -0.235 e. The van der Waals surface area contributed by atoms with Crippen molar-refractivity contribution in [3.63, 3.8) is 0 Å². The fourth-order valence-electron chi connectivity index (χ4n) is 2.54. The van der Waals surface area contributed by atoms with Crippen LogP contribution in [0, 0.1) is 0 Å². The van der Waals surface area contributed by atoms with E-state index in [9.17, 15) is 0 Å². The maximum absolute atomic E-state index is 2.66. The average molecular weight is 152 g/mol. The second-order valence-corrected chi connectivity index (χ2v) is 3.97. The van der Waals surface area contributed by atoms with E-state index in [1.807, 2.05) is 0 Å². The van der Waals surface area contributed by atoms with E-state index >= 15 is 0 Å². The Kier molecular flexibility index (Phi) is 1.97. The highest BCUT2D eigenvalue weighted by atomic mass is 15.1. The first-order valence-electron chi connectivity index (χ1n) is 4.97. The van der Waals surface area contributed by atoms with Gasteiger partial charge in [0.25, 0.3) is 0 Å². The molecule has 1 saturated heterocycles. The van der Waals surface area contributed by atoms with Crippen molar-refractivity contribution in [2.75, 3.05) is 6.54 Å². The highest BCUT2D eigenvalue weighted by Crippen LogP contribution is 2.22. The van der Waals surface area contributed by atoms with Crippen LogP contribution in [0.25, 0.3) is 0 Å². The maximum atomic E-state index is 2.66. The van der Waals surface area contributed by atoms with Crippen LogP contribution in [0.1, 0.15) is 45.4 Å². The largest absolute Gasteiger partial charge is 0.235 e. The van der Waals surface area contributed by atoms with Crippen molar-refractivity contribution in [3.8, 4) is 0 Å². The summed E-state index contributed by atoms with van der Waals surface area (Å²) in [4.78, 5) is 0. The second kappa shape index (κ2) is 2.96. The summed E-state index contributed by atoms with van der Waals surface area (Å²) in [5, 5.41) is 0. The number of fused-ring (bicyclic) bond motifs is 1. The second-order valence-electron chi connectivity index (χ2n) is 3.97. The average Bonchev–Trinajstić information content (AvgIpc) is 2.06. The third-order valence-corrected chi connectivity index (χ3v) is 3.19. The quantitative estimate of drug-likeness (QED) is 0.468. The zero-order valence-electron chi connectivity index (χ0n) is 7.47. The van der Waals surface area contributed by atoms with Gasteiger partial charge in [0, 0.05) is 32.6 Å². The summed E-state index contributed by atoms with van der Waals surface area (Å²) in [7, 11) is 0. The summed E-state index contributed by atoms with van der Waals surface area (Å²) in [5.41, 5.74) is 1.65. The lowest BCUT2D eigenvalue weighted by atomic mass is 9.94. The standard InChI is InChI=1S/C10H18N/c1-9-5-4-7-10-6-2-3-8-11(9)10/h10H,2-8H2,1H3/q+1/t10-/m1/s1. The van der Waals surface area contributed by atoms with Crippen LogP contribution in [0.2, 0.25) is 0 Å². The minimum absolute atomic E-state index is 0.928. The van der Waals surface area contributed by atoms with E-state index in [4.69, 9.17) is 0 Å². The Balaban J connectivity index is 2.19. The van der Waals surface area contributed by atoms with E-state index < -0.39 is 0 Å². The highest BCUT2D eigenvalue weighted by Gasteiger charge is 2.29. The van der Waals surface area contributed by atoms with Crippen molar-refractivity contribution in [1.82, 2.24) is 0 Å². The molecule has 0 unspecified atom stereocenters. The van der Waals surface area contributed by atoms with Crippen LogP contribution in [-0.2, 0) is 0 Å². The van der Waals surface area contributed by atoms with Gasteiger partial charge in [-0.15, -0.1) is 0 Å². The zero-order valence-corrected chi connectivity index (χ0v) is 7.47. The summed E-state index contributed by atoms with van der Waals surface area (Å²) in [6, 6.07) is 0.928. The smallest absolute Gasteiger partial charge is 0.152 e. The van der Waals surface area contributed by atoms with E-state index in [1.165, 1.54) is 45.1 Å². The Labute approximate surface area is 69.1 Å². The number of nitrogens with zero attached hydrogens (tertiary/aromatic N) is 1. The molecule has 2 heterocycles. The number of hydrogen-bond acceptors (Lipinski definition) is 0. The molecule has 0 bridgehead atoms. The summed E-state index contributed by atoms with van der Waals surface area (Å²) in [5.74, 6) is 0. The maximum Gasteiger partial charge on any atom is 0.152 e. The molecule has 0 saturated carbocycles. The van der Waals surface area contributed by atoms with Crippen molar-refractivity contribution in [2.24, 2.45) is 0 Å². The first-order chi connectivity index (χ1) is 5.38. The first-order valence-corrected chi connectivity index (χ1v) is 4.97. The molecular formula is C10H18N+. The van der Waals surface area contributed by atoms with Crippen molar-refractivity contribution in [1.29, 1.82) is 0 Å². The molecule has 0 aliphatic carbocycles. The van der Waals surface area contributed by atoms with Gasteiger partial charge in [0.2, 0.25) is 0 Å². The van der Waals surface area contributed by atoms with Gasteiger partial charge in [-0.3, -0.25) is 0 Å². The number of piperidine rings is 1. The molecule has 2 aliphatic rings. The molecule has 0 aromatic carbocycles. The first kappa shape index (κ1) is 7.33. The van der Waals surface area contributed by atoms with Crippen LogP contribution < -0.4 is 0 Å². The van der Waals surface area contributed by atoms with Crippen LogP contribution in [0.15, 0.2) is 0 Å². The lowest BCUT2D eigenvalue weighted by Gasteiger charge is -2.25. The summed E-state index contributed by atoms with van der Waals surface area (Å²) < 4.78 is 2.66. The molecule has 2 aliphatic heterocycles. The molecule has 1 atom stereocenters. The van der Waals surface area contributed by atoms with E-state index in [0.717, 1.165) is 6.04 Å². The predicted octanol–water partition coefficient (Wildman–Crippen LogP) is 2.20. The van der Waals surface area contributed by atoms with Crippen LogP contribution in [0.5, 0.6) is 0 Å². The van der Waals surface area contributed by atoms with E-state index in [-0.39, 0.29) is 0 Å². The van der Waals surface area contributed by atoms with Gasteiger partial charge < -0.3 is 0 Å². The Morgan fingerprint density at radius 2 is 2.00 bits per heavy atom. The SMILES string of the molecule is CC1=[N+]2CCCC[C@@H]2CCC1. The van der Waals surface area contributed by atoms with Crippen LogP contribution >= 0.6 is 0 Å². The van der Waals surface area contributed by atoms with E-state index in [1.54, 1.807) is 5.71 Å². The highest BCUT2D eigenvalue weighted by molar-refractivity contribution is 5.77. The van der Waals surface area contributed by atoms with Gasteiger partial charge in [0.15, 0.2) is 6.04 Å². The van der Waals surface area contributed by atoms with Gasteiger partial charge in [-0.2, -0.15) is 0 Å². The Bertz CT molecular complexity index is 181. The lowest BCUT2D eigenvalue weighted by molar-refractivity contribution is -0.582. The summed E-state index contributed by atoms with van der Waals surface area (Å²) in [6.07, 6.45) is 8.60. The molecule has 2 rings (SSSR count). The van der Waals surface area contributed by atoms with Crippen molar-refractivity contribution in [2.45, 2.75) is 51.5 Å². The molecule has 0 spiro atoms. The molecule has 0 radical (unpaired) electrons. The number of hydrogen-bond donors (Lipinski definition) is 0. The zero-order chi connectivity index (χ0) is 7.68. The monoisotopic (exact) mass is 152 g/mol. The molecule has 1 nitrogen and oxygen atoms in total. The molecule has 1 heteroatoms. The van der Waals surface area contributed by atoms with Crippen LogP contribution in [0.4, 0.5) is 0 Å². The predicted molar refractivity (Wildman–Crippen MR) is 47.3 cm³/mol. The summed E-state index contributed by atoms with van der Waals surface area (Å²) >= 11 is 0. The van der Waals surface area contributed by atoms with Gasteiger partial charge in [-0.25, -0.2) is 4.58 Å². The van der Waals surface area contributed by atoms with Crippen molar-refractivity contribution < 1.29 is 4.58 Å².